The minimum Gasteiger partial charge on any atom is -0.352 e. The molecule has 26 heavy (non-hydrogen) atoms. The van der Waals surface area contributed by atoms with Crippen molar-refractivity contribution in [3.05, 3.63) is 35.4 Å². The predicted molar refractivity (Wildman–Crippen MR) is 96.2 cm³/mol. The number of carbonyl (C=O) groups excluding carboxylic acids is 3. The SMILES string of the molecule is C[C@@H]1CCCC[C@@H]1NC(=O)CN1C(=O)N[C@@]2(CCc3ccccc32)C1=O. The van der Waals surface area contributed by atoms with Crippen LogP contribution in [0.25, 0.3) is 0 Å². The first-order valence-electron chi connectivity index (χ1n) is 9.53. The van der Waals surface area contributed by atoms with E-state index in [0.717, 1.165) is 41.7 Å². The van der Waals surface area contributed by atoms with Crippen LogP contribution < -0.4 is 10.6 Å². The van der Waals surface area contributed by atoms with Gasteiger partial charge in [-0.05, 0) is 42.7 Å². The number of benzene rings is 1. The van der Waals surface area contributed by atoms with Crippen molar-refractivity contribution in [1.82, 2.24) is 15.5 Å². The average Bonchev–Trinajstić information content (AvgIpc) is 3.11. The van der Waals surface area contributed by atoms with E-state index in [9.17, 15) is 14.4 Å². The van der Waals surface area contributed by atoms with Crippen molar-refractivity contribution >= 4 is 17.8 Å². The van der Waals surface area contributed by atoms with Gasteiger partial charge in [0.15, 0.2) is 0 Å². The molecule has 138 valence electrons. The van der Waals surface area contributed by atoms with Crippen LogP contribution in [0.4, 0.5) is 4.79 Å². The maximum Gasteiger partial charge on any atom is 0.325 e. The Morgan fingerprint density at radius 1 is 1.27 bits per heavy atom. The van der Waals surface area contributed by atoms with Crippen LogP contribution in [0.15, 0.2) is 24.3 Å². The van der Waals surface area contributed by atoms with Gasteiger partial charge in [0, 0.05) is 6.04 Å². The molecule has 3 atom stereocenters. The zero-order valence-electron chi connectivity index (χ0n) is 15.1. The fourth-order valence-corrected chi connectivity index (χ4v) is 4.66. The highest BCUT2D eigenvalue weighted by Gasteiger charge is 2.55. The van der Waals surface area contributed by atoms with Crippen LogP contribution in [-0.4, -0.2) is 35.3 Å². The maximum absolute atomic E-state index is 13.1. The summed E-state index contributed by atoms with van der Waals surface area (Å²) in [7, 11) is 0. The van der Waals surface area contributed by atoms with E-state index in [1.54, 1.807) is 0 Å². The smallest absolute Gasteiger partial charge is 0.325 e. The van der Waals surface area contributed by atoms with Crippen molar-refractivity contribution in [3.63, 3.8) is 0 Å². The highest BCUT2D eigenvalue weighted by molar-refractivity contribution is 6.09. The number of aryl methyl sites for hydroxylation is 1. The molecule has 0 radical (unpaired) electrons. The minimum absolute atomic E-state index is 0.137. The fourth-order valence-electron chi connectivity index (χ4n) is 4.66. The summed E-state index contributed by atoms with van der Waals surface area (Å²) in [6.07, 6.45) is 5.68. The summed E-state index contributed by atoms with van der Waals surface area (Å²) in [6.45, 7) is 1.93. The van der Waals surface area contributed by atoms with Gasteiger partial charge in [-0.1, -0.05) is 44.0 Å². The molecule has 1 saturated carbocycles. The molecule has 0 aromatic heterocycles. The Labute approximate surface area is 153 Å². The summed E-state index contributed by atoms with van der Waals surface area (Å²) in [5, 5.41) is 5.88. The zero-order chi connectivity index (χ0) is 18.3. The third-order valence-electron chi connectivity index (χ3n) is 6.18. The van der Waals surface area contributed by atoms with E-state index in [-0.39, 0.29) is 24.4 Å². The van der Waals surface area contributed by atoms with Crippen LogP contribution in [-0.2, 0) is 21.5 Å². The molecule has 2 N–H and O–H groups in total. The number of nitrogens with one attached hydrogen (secondary N) is 2. The first-order chi connectivity index (χ1) is 12.5. The number of carbonyl (C=O) groups is 3. The molecule has 1 spiro atoms. The molecule has 6 nitrogen and oxygen atoms in total. The van der Waals surface area contributed by atoms with Gasteiger partial charge < -0.3 is 10.6 Å². The number of nitrogens with zero attached hydrogens (tertiary/aromatic N) is 1. The molecule has 4 amide bonds. The van der Waals surface area contributed by atoms with Crippen molar-refractivity contribution in [2.24, 2.45) is 5.92 Å². The standard InChI is InChI=1S/C20H25N3O3/c1-13-6-2-5-9-16(13)21-17(24)12-23-18(25)20(22-19(23)26)11-10-14-7-3-4-8-15(14)20/h3-4,7-8,13,16H,2,5-6,9-12H2,1H3,(H,21,24)(H,22,26)/t13-,16+,20-/m1/s1. The van der Waals surface area contributed by atoms with E-state index in [1.165, 1.54) is 6.42 Å². The summed E-state index contributed by atoms with van der Waals surface area (Å²) in [5.74, 6) is -0.126. The number of hydrogen-bond acceptors (Lipinski definition) is 3. The quantitative estimate of drug-likeness (QED) is 0.815. The third-order valence-corrected chi connectivity index (χ3v) is 6.18. The van der Waals surface area contributed by atoms with Crippen molar-refractivity contribution in [2.45, 2.75) is 57.0 Å². The van der Waals surface area contributed by atoms with E-state index in [0.29, 0.717) is 12.3 Å². The molecule has 0 unspecified atom stereocenters. The normalized spacial score (nSPS) is 30.4. The molecular weight excluding hydrogens is 330 g/mol. The summed E-state index contributed by atoms with van der Waals surface area (Å²) in [5.41, 5.74) is 0.956. The molecule has 2 aliphatic carbocycles. The van der Waals surface area contributed by atoms with Gasteiger partial charge in [0.05, 0.1) is 0 Å². The lowest BCUT2D eigenvalue weighted by Gasteiger charge is -2.30. The second kappa shape index (κ2) is 6.41. The second-order valence-corrected chi connectivity index (χ2v) is 7.82. The molecule has 6 heteroatoms. The number of rotatable bonds is 3. The molecule has 1 saturated heterocycles. The Morgan fingerprint density at radius 2 is 2.04 bits per heavy atom. The van der Waals surface area contributed by atoms with Crippen molar-refractivity contribution in [2.75, 3.05) is 6.54 Å². The van der Waals surface area contributed by atoms with Gasteiger partial charge in [-0.2, -0.15) is 0 Å². The van der Waals surface area contributed by atoms with Gasteiger partial charge in [0.25, 0.3) is 5.91 Å². The van der Waals surface area contributed by atoms with E-state index in [4.69, 9.17) is 0 Å². The zero-order valence-corrected chi connectivity index (χ0v) is 15.1. The molecule has 3 aliphatic rings. The highest BCUT2D eigenvalue weighted by Crippen LogP contribution is 2.41. The van der Waals surface area contributed by atoms with Crippen LogP contribution in [0.5, 0.6) is 0 Å². The summed E-state index contributed by atoms with van der Waals surface area (Å²) >= 11 is 0. The molecule has 1 aromatic rings. The molecule has 0 bridgehead atoms. The van der Waals surface area contributed by atoms with Gasteiger partial charge in [0.1, 0.15) is 12.1 Å². The van der Waals surface area contributed by atoms with Gasteiger partial charge in [-0.3, -0.25) is 14.5 Å². The van der Waals surface area contributed by atoms with E-state index < -0.39 is 11.6 Å². The Morgan fingerprint density at radius 3 is 2.85 bits per heavy atom. The lowest BCUT2D eigenvalue weighted by Crippen LogP contribution is -2.47. The fraction of sp³-hybridized carbons (Fsp3) is 0.550. The molecule has 1 heterocycles. The largest absolute Gasteiger partial charge is 0.352 e. The highest BCUT2D eigenvalue weighted by atomic mass is 16.2. The van der Waals surface area contributed by atoms with E-state index in [2.05, 4.69) is 17.6 Å². The summed E-state index contributed by atoms with van der Waals surface area (Å²) in [4.78, 5) is 39.1. The number of urea groups is 1. The topological polar surface area (TPSA) is 78.5 Å². The predicted octanol–water partition coefficient (Wildman–Crippen LogP) is 2.07. The Kier molecular flexibility index (Phi) is 4.21. The Hall–Kier alpha value is -2.37. The second-order valence-electron chi connectivity index (χ2n) is 7.82. The van der Waals surface area contributed by atoms with Crippen molar-refractivity contribution in [3.8, 4) is 0 Å². The van der Waals surface area contributed by atoms with Crippen molar-refractivity contribution in [1.29, 1.82) is 0 Å². The number of imide groups is 1. The maximum atomic E-state index is 13.1. The Bertz CT molecular complexity index is 762. The van der Waals surface area contributed by atoms with Crippen LogP contribution in [0.3, 0.4) is 0 Å². The lowest BCUT2D eigenvalue weighted by molar-refractivity contribution is -0.135. The first-order valence-corrected chi connectivity index (χ1v) is 9.53. The number of hydrogen-bond donors (Lipinski definition) is 2. The number of fused-ring (bicyclic) bond motifs is 2. The monoisotopic (exact) mass is 355 g/mol. The van der Waals surface area contributed by atoms with Gasteiger partial charge in [-0.25, -0.2) is 4.79 Å². The first kappa shape index (κ1) is 17.1. The summed E-state index contributed by atoms with van der Waals surface area (Å²) < 4.78 is 0. The third kappa shape index (κ3) is 2.68. The molecule has 2 fully saturated rings. The minimum atomic E-state index is -0.994. The van der Waals surface area contributed by atoms with Crippen LogP contribution in [0.1, 0.15) is 50.2 Å². The van der Waals surface area contributed by atoms with Crippen LogP contribution in [0.2, 0.25) is 0 Å². The molecule has 4 rings (SSSR count). The molecule has 1 aliphatic heterocycles. The molecular formula is C20H25N3O3. The van der Waals surface area contributed by atoms with Crippen LogP contribution in [0, 0.1) is 5.92 Å². The number of amides is 4. The van der Waals surface area contributed by atoms with Gasteiger partial charge in [-0.15, -0.1) is 0 Å². The molecule has 1 aromatic carbocycles. The van der Waals surface area contributed by atoms with Crippen molar-refractivity contribution < 1.29 is 14.4 Å². The lowest BCUT2D eigenvalue weighted by atomic mass is 9.86. The summed E-state index contributed by atoms with van der Waals surface area (Å²) in [6, 6.07) is 7.37. The van der Waals surface area contributed by atoms with E-state index >= 15 is 0 Å². The Balaban J connectivity index is 1.48. The van der Waals surface area contributed by atoms with Gasteiger partial charge >= 0.3 is 6.03 Å². The van der Waals surface area contributed by atoms with Gasteiger partial charge in [0.2, 0.25) is 5.91 Å². The van der Waals surface area contributed by atoms with E-state index in [1.807, 2.05) is 24.3 Å². The average molecular weight is 355 g/mol. The van der Waals surface area contributed by atoms with Crippen LogP contribution >= 0.6 is 0 Å².